The average molecular weight is 345 g/mol. The number of nitro groups is 1. The summed E-state index contributed by atoms with van der Waals surface area (Å²) in [6, 6.07) is 16.4. The van der Waals surface area contributed by atoms with Gasteiger partial charge in [0.25, 0.3) is 17.5 Å². The molecule has 0 bridgehead atoms. The summed E-state index contributed by atoms with van der Waals surface area (Å²) < 4.78 is 0. The van der Waals surface area contributed by atoms with Crippen molar-refractivity contribution in [1.29, 1.82) is 0 Å². The molecule has 0 spiro atoms. The van der Waals surface area contributed by atoms with Crippen molar-refractivity contribution in [1.82, 2.24) is 5.01 Å². The highest BCUT2D eigenvalue weighted by atomic mass is 16.6. The minimum atomic E-state index is -0.561. The van der Waals surface area contributed by atoms with Gasteiger partial charge in [-0.05, 0) is 23.6 Å². The third-order valence-corrected chi connectivity index (χ3v) is 4.20. The Morgan fingerprint density at radius 2 is 1.50 bits per heavy atom. The van der Waals surface area contributed by atoms with E-state index in [1.807, 2.05) is 12.1 Å². The number of hydrogen-bond donors (Lipinski definition) is 0. The van der Waals surface area contributed by atoms with Crippen molar-refractivity contribution in [3.05, 3.63) is 87.5 Å². The van der Waals surface area contributed by atoms with E-state index in [1.165, 1.54) is 18.2 Å². The van der Waals surface area contributed by atoms with Crippen LogP contribution in [0.2, 0.25) is 0 Å². The monoisotopic (exact) mass is 345 g/mol. The molecule has 7 heteroatoms. The molecule has 1 aliphatic rings. The van der Waals surface area contributed by atoms with Crippen molar-refractivity contribution in [2.24, 2.45) is 5.10 Å². The third-order valence-electron chi connectivity index (χ3n) is 4.20. The van der Waals surface area contributed by atoms with Gasteiger partial charge in [-0.15, -0.1) is 0 Å². The lowest BCUT2D eigenvalue weighted by molar-refractivity contribution is -0.385. The maximum Gasteiger partial charge on any atom is 0.282 e. The molecular weight excluding hydrogens is 334 g/mol. The summed E-state index contributed by atoms with van der Waals surface area (Å²) in [5, 5.41) is 17.2. The molecule has 1 aliphatic heterocycles. The highest BCUT2D eigenvalue weighted by molar-refractivity contribution is 6.25. The highest BCUT2D eigenvalue weighted by Crippen LogP contribution is 2.30. The zero-order valence-electron chi connectivity index (χ0n) is 13.3. The van der Waals surface area contributed by atoms with Gasteiger partial charge < -0.3 is 0 Å². The summed E-state index contributed by atoms with van der Waals surface area (Å²) in [4.78, 5) is 36.0. The Morgan fingerprint density at radius 3 is 2.12 bits per heavy atom. The second-order valence-electron chi connectivity index (χ2n) is 5.69. The first-order chi connectivity index (χ1) is 12.6. The van der Waals surface area contributed by atoms with Gasteiger partial charge in [0.15, 0.2) is 0 Å². The number of hydrogen-bond acceptors (Lipinski definition) is 5. The summed E-state index contributed by atoms with van der Waals surface area (Å²) in [5.74, 6) is -1.12. The van der Waals surface area contributed by atoms with Gasteiger partial charge in [0, 0.05) is 11.5 Å². The summed E-state index contributed by atoms with van der Waals surface area (Å²) >= 11 is 0. The van der Waals surface area contributed by atoms with Gasteiger partial charge in [0.05, 0.1) is 27.8 Å². The van der Waals surface area contributed by atoms with Crippen molar-refractivity contribution < 1.29 is 14.5 Å². The average Bonchev–Trinajstić information content (AvgIpc) is 2.66. The van der Waals surface area contributed by atoms with Crippen LogP contribution in [0.1, 0.15) is 26.3 Å². The number of rotatable bonds is 3. The van der Waals surface area contributed by atoms with Crippen molar-refractivity contribution in [3.63, 3.8) is 0 Å². The van der Waals surface area contributed by atoms with Crippen LogP contribution < -0.4 is 0 Å². The zero-order valence-corrected chi connectivity index (χ0v) is 13.3. The van der Waals surface area contributed by atoms with Crippen LogP contribution in [-0.2, 0) is 0 Å². The summed E-state index contributed by atoms with van der Waals surface area (Å²) in [6.07, 6.45) is 1.15. The van der Waals surface area contributed by atoms with Crippen LogP contribution in [0.4, 0.5) is 5.69 Å². The van der Waals surface area contributed by atoms with Crippen LogP contribution in [0.5, 0.6) is 0 Å². The molecule has 7 nitrogen and oxygen atoms in total. The first-order valence-electron chi connectivity index (χ1n) is 7.76. The highest BCUT2D eigenvalue weighted by Gasteiger charge is 2.32. The molecule has 0 N–H and O–H groups in total. The van der Waals surface area contributed by atoms with Crippen LogP contribution in [0.25, 0.3) is 10.8 Å². The van der Waals surface area contributed by atoms with Gasteiger partial charge in [-0.1, -0.05) is 36.4 Å². The number of benzene rings is 3. The second-order valence-corrected chi connectivity index (χ2v) is 5.69. The fourth-order valence-electron chi connectivity index (χ4n) is 3.01. The van der Waals surface area contributed by atoms with Gasteiger partial charge in [-0.3, -0.25) is 19.7 Å². The Morgan fingerprint density at radius 1 is 0.885 bits per heavy atom. The Hall–Kier alpha value is -3.87. The van der Waals surface area contributed by atoms with E-state index < -0.39 is 16.7 Å². The Labute approximate surface area is 147 Å². The van der Waals surface area contributed by atoms with E-state index in [9.17, 15) is 19.7 Å². The van der Waals surface area contributed by atoms with Crippen LogP contribution in [0.3, 0.4) is 0 Å². The standard InChI is InChI=1S/C19H11N3O4/c23-18-14-8-3-6-12-7-4-9-15(17(12)14)19(24)21(18)20-11-13-5-1-2-10-16(13)22(25)26/h1-11H/b20-11+. The molecule has 0 saturated heterocycles. The molecule has 0 radical (unpaired) electrons. The predicted octanol–water partition coefficient (Wildman–Crippen LogP) is 3.38. The number of amides is 2. The smallest absolute Gasteiger partial charge is 0.267 e. The number of nitrogens with zero attached hydrogens (tertiary/aromatic N) is 3. The number of hydrazone groups is 1. The molecule has 0 aliphatic carbocycles. The van der Waals surface area contributed by atoms with Crippen molar-refractivity contribution in [3.8, 4) is 0 Å². The molecule has 0 saturated carbocycles. The zero-order chi connectivity index (χ0) is 18.3. The minimum Gasteiger partial charge on any atom is -0.267 e. The van der Waals surface area contributed by atoms with E-state index >= 15 is 0 Å². The first kappa shape index (κ1) is 15.6. The van der Waals surface area contributed by atoms with Crippen molar-refractivity contribution in [2.75, 3.05) is 0 Å². The van der Waals surface area contributed by atoms with Crippen LogP contribution in [-0.4, -0.2) is 28.0 Å². The molecule has 3 aromatic carbocycles. The Bertz CT molecular complexity index is 1070. The summed E-state index contributed by atoms with van der Waals surface area (Å²) in [6.45, 7) is 0. The SMILES string of the molecule is O=C1c2cccc3cccc(c23)C(=O)N1/N=C/c1ccccc1[N+](=O)[O-]. The van der Waals surface area contributed by atoms with E-state index in [4.69, 9.17) is 0 Å². The maximum atomic E-state index is 12.7. The molecule has 0 fully saturated rings. The minimum absolute atomic E-state index is 0.157. The van der Waals surface area contributed by atoms with Crippen LogP contribution in [0.15, 0.2) is 65.8 Å². The first-order valence-corrected chi connectivity index (χ1v) is 7.76. The van der Waals surface area contributed by atoms with Gasteiger partial charge in [-0.25, -0.2) is 0 Å². The third kappa shape index (κ3) is 2.34. The molecule has 3 aromatic rings. The predicted molar refractivity (Wildman–Crippen MR) is 95.1 cm³/mol. The number of imide groups is 1. The van der Waals surface area contributed by atoms with Crippen LogP contribution in [0, 0.1) is 10.1 Å². The molecule has 26 heavy (non-hydrogen) atoms. The lowest BCUT2D eigenvalue weighted by atomic mass is 9.95. The number of para-hydroxylation sites is 1. The number of carbonyl (C=O) groups is 2. The molecule has 0 aromatic heterocycles. The van der Waals surface area contributed by atoms with Gasteiger partial charge in [0.2, 0.25) is 0 Å². The quantitative estimate of drug-likeness (QED) is 0.315. The fourth-order valence-corrected chi connectivity index (χ4v) is 3.01. The normalized spacial score (nSPS) is 13.6. The van der Waals surface area contributed by atoms with Crippen molar-refractivity contribution >= 4 is 34.5 Å². The van der Waals surface area contributed by atoms with E-state index in [0.29, 0.717) is 16.5 Å². The molecule has 0 atom stereocenters. The molecular formula is C19H11N3O4. The summed E-state index contributed by atoms with van der Waals surface area (Å²) in [5.41, 5.74) is 0.792. The number of nitro benzene ring substituents is 1. The maximum absolute atomic E-state index is 12.7. The van der Waals surface area contributed by atoms with E-state index in [2.05, 4.69) is 5.10 Å². The van der Waals surface area contributed by atoms with Crippen LogP contribution >= 0.6 is 0 Å². The molecule has 2 amide bonds. The largest absolute Gasteiger partial charge is 0.282 e. The van der Waals surface area contributed by atoms with E-state index in [-0.39, 0.29) is 11.3 Å². The Kier molecular flexibility index (Phi) is 3.54. The number of carbonyl (C=O) groups excluding carboxylic acids is 2. The van der Waals surface area contributed by atoms with Gasteiger partial charge >= 0.3 is 0 Å². The van der Waals surface area contributed by atoms with Crippen molar-refractivity contribution in [2.45, 2.75) is 0 Å². The van der Waals surface area contributed by atoms with Gasteiger partial charge in [0.1, 0.15) is 0 Å². The molecule has 1 heterocycles. The lowest BCUT2D eigenvalue weighted by Crippen LogP contribution is -2.36. The summed E-state index contributed by atoms with van der Waals surface area (Å²) in [7, 11) is 0. The molecule has 0 unspecified atom stereocenters. The topological polar surface area (TPSA) is 92.9 Å². The van der Waals surface area contributed by atoms with E-state index in [1.54, 1.807) is 30.3 Å². The lowest BCUT2D eigenvalue weighted by Gasteiger charge is -2.22. The van der Waals surface area contributed by atoms with Gasteiger partial charge in [-0.2, -0.15) is 10.1 Å². The molecule has 126 valence electrons. The fraction of sp³-hybridized carbons (Fsp3) is 0. The Balaban J connectivity index is 1.79. The molecule has 4 rings (SSSR count). The van der Waals surface area contributed by atoms with E-state index in [0.717, 1.165) is 16.6 Å². The second kappa shape index (κ2) is 5.89.